The van der Waals surface area contributed by atoms with E-state index in [1.54, 1.807) is 0 Å². The van der Waals surface area contributed by atoms with Gasteiger partial charge in [0, 0.05) is 25.2 Å². The lowest BCUT2D eigenvalue weighted by molar-refractivity contribution is 0.201. The van der Waals surface area contributed by atoms with Crippen LogP contribution < -0.4 is 10.6 Å². The smallest absolute Gasteiger partial charge is 0.317 e. The van der Waals surface area contributed by atoms with Crippen LogP contribution in [0, 0.1) is 5.92 Å². The van der Waals surface area contributed by atoms with Gasteiger partial charge in [0.2, 0.25) is 0 Å². The summed E-state index contributed by atoms with van der Waals surface area (Å²) in [4.78, 5) is 14.0. The lowest BCUT2D eigenvalue weighted by atomic mass is 10.1. The number of urea groups is 1. The second-order valence-electron chi connectivity index (χ2n) is 5.45. The van der Waals surface area contributed by atoms with E-state index in [2.05, 4.69) is 10.6 Å². The Kier molecular flexibility index (Phi) is 2.75. The summed E-state index contributed by atoms with van der Waals surface area (Å²) >= 11 is 0. The van der Waals surface area contributed by atoms with Crippen molar-refractivity contribution < 1.29 is 4.79 Å². The first kappa shape index (κ1) is 10.4. The van der Waals surface area contributed by atoms with Crippen LogP contribution >= 0.6 is 0 Å². The van der Waals surface area contributed by atoms with Crippen LogP contribution in [0.25, 0.3) is 0 Å². The van der Waals surface area contributed by atoms with Crippen molar-refractivity contribution in [1.29, 1.82) is 0 Å². The largest absolute Gasteiger partial charge is 0.335 e. The Balaban J connectivity index is 1.51. The summed E-state index contributed by atoms with van der Waals surface area (Å²) in [7, 11) is 0. The van der Waals surface area contributed by atoms with E-state index < -0.39 is 0 Å². The van der Waals surface area contributed by atoms with Gasteiger partial charge in [-0.3, -0.25) is 0 Å². The van der Waals surface area contributed by atoms with Gasteiger partial charge in [-0.25, -0.2) is 4.79 Å². The molecule has 2 aliphatic heterocycles. The van der Waals surface area contributed by atoms with Gasteiger partial charge in [-0.15, -0.1) is 0 Å². The zero-order valence-electron chi connectivity index (χ0n) is 9.74. The van der Waals surface area contributed by atoms with E-state index in [-0.39, 0.29) is 6.03 Å². The minimum Gasteiger partial charge on any atom is -0.335 e. The molecule has 3 rings (SSSR count). The van der Waals surface area contributed by atoms with Crippen molar-refractivity contribution in [3.63, 3.8) is 0 Å². The third kappa shape index (κ3) is 1.90. The van der Waals surface area contributed by atoms with Crippen LogP contribution in [0.2, 0.25) is 0 Å². The predicted molar refractivity (Wildman–Crippen MR) is 62.3 cm³/mol. The molecule has 0 aromatic rings. The van der Waals surface area contributed by atoms with Crippen molar-refractivity contribution in [3.8, 4) is 0 Å². The second kappa shape index (κ2) is 4.24. The molecule has 0 aromatic heterocycles. The van der Waals surface area contributed by atoms with Crippen molar-refractivity contribution in [3.05, 3.63) is 0 Å². The predicted octanol–water partition coefficient (Wildman–Crippen LogP) is 0.932. The summed E-state index contributed by atoms with van der Waals surface area (Å²) in [5.74, 6) is 0.703. The van der Waals surface area contributed by atoms with E-state index in [4.69, 9.17) is 0 Å². The van der Waals surface area contributed by atoms with Crippen LogP contribution in [0.1, 0.15) is 32.1 Å². The monoisotopic (exact) mass is 223 g/mol. The van der Waals surface area contributed by atoms with Gasteiger partial charge >= 0.3 is 6.03 Å². The van der Waals surface area contributed by atoms with E-state index in [0.717, 1.165) is 19.6 Å². The Morgan fingerprint density at radius 3 is 2.75 bits per heavy atom. The Hall–Kier alpha value is -0.770. The molecule has 2 amide bonds. The molecule has 90 valence electrons. The van der Waals surface area contributed by atoms with Gasteiger partial charge in [0.05, 0.1) is 0 Å². The highest BCUT2D eigenvalue weighted by molar-refractivity contribution is 5.75. The molecule has 3 fully saturated rings. The third-order valence-corrected chi connectivity index (χ3v) is 4.33. The van der Waals surface area contributed by atoms with Gasteiger partial charge in [0.15, 0.2) is 0 Å². The summed E-state index contributed by atoms with van der Waals surface area (Å²) in [6, 6.07) is 1.18. The molecule has 2 N–H and O–H groups in total. The van der Waals surface area contributed by atoms with Crippen LogP contribution in [-0.2, 0) is 0 Å². The zero-order chi connectivity index (χ0) is 11.0. The molecule has 1 aliphatic carbocycles. The first-order chi connectivity index (χ1) is 7.83. The van der Waals surface area contributed by atoms with E-state index >= 15 is 0 Å². The van der Waals surface area contributed by atoms with Crippen molar-refractivity contribution >= 4 is 6.03 Å². The average molecular weight is 223 g/mol. The number of nitrogens with one attached hydrogen (secondary N) is 2. The molecule has 16 heavy (non-hydrogen) atoms. The summed E-state index contributed by atoms with van der Waals surface area (Å²) in [6.07, 6.45) is 6.13. The third-order valence-electron chi connectivity index (χ3n) is 4.33. The highest BCUT2D eigenvalue weighted by atomic mass is 16.2. The minimum atomic E-state index is 0.170. The van der Waals surface area contributed by atoms with E-state index in [1.807, 2.05) is 4.90 Å². The summed E-state index contributed by atoms with van der Waals surface area (Å²) in [6.45, 7) is 2.99. The minimum absolute atomic E-state index is 0.170. The SMILES string of the molecule is O=C(NC1CCCC1)N1C[C@@H]2CCN[C@@H]2C1. The number of carbonyl (C=O) groups is 1. The number of hydrogen-bond donors (Lipinski definition) is 2. The van der Waals surface area contributed by atoms with Crippen molar-refractivity contribution in [2.75, 3.05) is 19.6 Å². The Morgan fingerprint density at radius 2 is 2.00 bits per heavy atom. The van der Waals surface area contributed by atoms with Crippen LogP contribution in [0.5, 0.6) is 0 Å². The molecule has 0 radical (unpaired) electrons. The van der Waals surface area contributed by atoms with E-state index in [0.29, 0.717) is 18.0 Å². The maximum Gasteiger partial charge on any atom is 0.317 e. The van der Waals surface area contributed by atoms with Crippen LogP contribution in [0.15, 0.2) is 0 Å². The Labute approximate surface area is 96.8 Å². The highest BCUT2D eigenvalue weighted by Crippen LogP contribution is 2.25. The Bertz CT molecular complexity index is 263. The second-order valence-corrected chi connectivity index (χ2v) is 5.45. The quantitative estimate of drug-likeness (QED) is 0.694. The fourth-order valence-electron chi connectivity index (χ4n) is 3.35. The standard InChI is InChI=1S/C12H21N3O/c16-12(14-10-3-1-2-4-10)15-7-9-5-6-13-11(9)8-15/h9-11,13H,1-8H2,(H,14,16)/t9-,11+/m0/s1. The van der Waals surface area contributed by atoms with Crippen molar-refractivity contribution in [1.82, 2.24) is 15.5 Å². The molecule has 4 nitrogen and oxygen atoms in total. The van der Waals surface area contributed by atoms with E-state index in [9.17, 15) is 4.79 Å². The fourth-order valence-corrected chi connectivity index (χ4v) is 3.35. The van der Waals surface area contributed by atoms with Gasteiger partial charge in [-0.05, 0) is 31.7 Å². The summed E-state index contributed by atoms with van der Waals surface area (Å²) in [5.41, 5.74) is 0. The van der Waals surface area contributed by atoms with Crippen LogP contribution in [0.4, 0.5) is 4.79 Å². The molecular formula is C12H21N3O. The first-order valence-electron chi connectivity index (χ1n) is 6.62. The number of hydrogen-bond acceptors (Lipinski definition) is 2. The number of rotatable bonds is 1. The molecule has 4 heteroatoms. The number of likely N-dealkylation sites (tertiary alicyclic amines) is 1. The molecule has 0 bridgehead atoms. The average Bonchev–Trinajstić information content (AvgIpc) is 2.91. The highest BCUT2D eigenvalue weighted by Gasteiger charge is 2.38. The summed E-state index contributed by atoms with van der Waals surface area (Å²) < 4.78 is 0. The molecule has 2 atom stereocenters. The molecule has 2 heterocycles. The maximum atomic E-state index is 12.0. The molecule has 3 aliphatic rings. The van der Waals surface area contributed by atoms with Crippen LogP contribution in [-0.4, -0.2) is 42.6 Å². The number of amides is 2. The number of fused-ring (bicyclic) bond motifs is 1. The van der Waals surface area contributed by atoms with Gasteiger partial charge in [0.1, 0.15) is 0 Å². The maximum absolute atomic E-state index is 12.0. The normalized spacial score (nSPS) is 34.4. The zero-order valence-corrected chi connectivity index (χ0v) is 9.74. The lowest BCUT2D eigenvalue weighted by Crippen LogP contribution is -2.44. The van der Waals surface area contributed by atoms with Gasteiger partial charge in [-0.2, -0.15) is 0 Å². The number of carbonyl (C=O) groups excluding carboxylic acids is 1. The van der Waals surface area contributed by atoms with E-state index in [1.165, 1.54) is 32.1 Å². The van der Waals surface area contributed by atoms with Crippen LogP contribution in [0.3, 0.4) is 0 Å². The Morgan fingerprint density at radius 1 is 1.19 bits per heavy atom. The molecule has 1 saturated carbocycles. The van der Waals surface area contributed by atoms with Crippen molar-refractivity contribution in [2.24, 2.45) is 5.92 Å². The topological polar surface area (TPSA) is 44.4 Å². The molecule has 0 unspecified atom stereocenters. The lowest BCUT2D eigenvalue weighted by Gasteiger charge is -2.21. The molecule has 0 spiro atoms. The van der Waals surface area contributed by atoms with Gasteiger partial charge in [-0.1, -0.05) is 12.8 Å². The van der Waals surface area contributed by atoms with Gasteiger partial charge < -0.3 is 15.5 Å². The molecule has 2 saturated heterocycles. The number of nitrogens with zero attached hydrogens (tertiary/aromatic N) is 1. The molecule has 0 aromatic carbocycles. The summed E-state index contributed by atoms with van der Waals surface area (Å²) in [5, 5.41) is 6.64. The fraction of sp³-hybridized carbons (Fsp3) is 0.917. The molecular weight excluding hydrogens is 202 g/mol. The van der Waals surface area contributed by atoms with Crippen molar-refractivity contribution in [2.45, 2.75) is 44.2 Å². The van der Waals surface area contributed by atoms with Gasteiger partial charge in [0.25, 0.3) is 0 Å². The first-order valence-corrected chi connectivity index (χ1v) is 6.62.